The number of ether oxygens (including phenoxy) is 1. The van der Waals surface area contributed by atoms with Gasteiger partial charge >= 0.3 is 0 Å². The molecule has 0 aromatic carbocycles. The van der Waals surface area contributed by atoms with Crippen molar-refractivity contribution in [3.05, 3.63) is 17.5 Å². The number of amides is 2. The molecule has 2 aliphatic rings. The average Bonchev–Trinajstić information content (AvgIpc) is 3.06. The largest absolute Gasteiger partial charge is 0.382 e. The van der Waals surface area contributed by atoms with Gasteiger partial charge in [-0.15, -0.1) is 0 Å². The summed E-state index contributed by atoms with van der Waals surface area (Å²) in [7, 11) is 1.56. The first-order valence-electron chi connectivity index (χ1n) is 7.61. The lowest BCUT2D eigenvalue weighted by Crippen LogP contribution is -2.52. The van der Waals surface area contributed by atoms with Crippen molar-refractivity contribution in [1.82, 2.24) is 10.1 Å². The lowest BCUT2D eigenvalue weighted by atomic mass is 9.92. The molecule has 1 aliphatic carbocycles. The summed E-state index contributed by atoms with van der Waals surface area (Å²) in [5.74, 6) is 0.527. The van der Waals surface area contributed by atoms with E-state index in [1.165, 1.54) is 0 Å². The molecule has 1 aromatic heterocycles. The number of aromatic nitrogens is 1. The van der Waals surface area contributed by atoms with E-state index in [-0.39, 0.29) is 18.9 Å². The average molecular weight is 307 g/mol. The van der Waals surface area contributed by atoms with Crippen molar-refractivity contribution < 1.29 is 18.8 Å². The number of likely N-dealkylation sites (tertiary alicyclic amines) is 1. The van der Waals surface area contributed by atoms with Crippen molar-refractivity contribution in [3.8, 4) is 0 Å². The fourth-order valence-corrected chi connectivity index (χ4v) is 3.32. The van der Waals surface area contributed by atoms with E-state index >= 15 is 0 Å². The normalized spacial score (nSPS) is 24.7. The number of nitrogens with zero attached hydrogens (tertiary/aromatic N) is 2. The van der Waals surface area contributed by atoms with Gasteiger partial charge in [0, 0.05) is 25.6 Å². The van der Waals surface area contributed by atoms with Gasteiger partial charge < -0.3 is 19.9 Å². The van der Waals surface area contributed by atoms with Crippen LogP contribution in [0.1, 0.15) is 54.3 Å². The van der Waals surface area contributed by atoms with Crippen LogP contribution in [0.15, 0.2) is 10.6 Å². The first-order chi connectivity index (χ1) is 10.6. The molecule has 0 spiro atoms. The quantitative estimate of drug-likeness (QED) is 0.847. The predicted molar refractivity (Wildman–Crippen MR) is 77.2 cm³/mol. The second kappa shape index (κ2) is 5.72. The topological polar surface area (TPSA) is 98.7 Å². The second-order valence-corrected chi connectivity index (χ2v) is 6.25. The molecule has 3 rings (SSSR count). The Morgan fingerprint density at radius 1 is 1.55 bits per heavy atom. The van der Waals surface area contributed by atoms with Crippen LogP contribution in [0.5, 0.6) is 0 Å². The fourth-order valence-electron chi connectivity index (χ4n) is 3.32. The molecule has 2 fully saturated rings. The van der Waals surface area contributed by atoms with Crippen molar-refractivity contribution >= 4 is 11.8 Å². The molecule has 0 bridgehead atoms. The number of hydrogen-bond donors (Lipinski definition) is 1. The molecule has 2 heterocycles. The molecular weight excluding hydrogens is 286 g/mol. The van der Waals surface area contributed by atoms with Gasteiger partial charge in [0.2, 0.25) is 5.91 Å². The van der Waals surface area contributed by atoms with Gasteiger partial charge in [-0.1, -0.05) is 5.16 Å². The summed E-state index contributed by atoms with van der Waals surface area (Å²) in [6, 6.07) is 1.72. The maximum atomic E-state index is 12.8. The summed E-state index contributed by atoms with van der Waals surface area (Å²) in [4.78, 5) is 25.9. The van der Waals surface area contributed by atoms with Crippen LogP contribution in [0, 0.1) is 0 Å². The van der Waals surface area contributed by atoms with E-state index in [1.807, 2.05) is 0 Å². The highest BCUT2D eigenvalue weighted by molar-refractivity contribution is 5.93. The Morgan fingerprint density at radius 3 is 2.95 bits per heavy atom. The molecular formula is C15H21N3O4. The fraction of sp³-hybridized carbons (Fsp3) is 0.667. The van der Waals surface area contributed by atoms with Crippen molar-refractivity contribution in [2.24, 2.45) is 5.73 Å². The molecule has 120 valence electrons. The number of methoxy groups -OCH3 is 1. The molecule has 2 amide bonds. The van der Waals surface area contributed by atoms with Gasteiger partial charge in [0.05, 0.1) is 18.6 Å². The summed E-state index contributed by atoms with van der Waals surface area (Å²) in [5, 5.41) is 3.90. The first-order valence-corrected chi connectivity index (χ1v) is 7.61. The molecule has 1 saturated heterocycles. The van der Waals surface area contributed by atoms with E-state index in [0.29, 0.717) is 24.6 Å². The Morgan fingerprint density at radius 2 is 2.32 bits per heavy atom. The Labute approximate surface area is 128 Å². The molecule has 2 N–H and O–H groups in total. The van der Waals surface area contributed by atoms with E-state index in [4.69, 9.17) is 15.0 Å². The first kappa shape index (κ1) is 15.0. The van der Waals surface area contributed by atoms with Gasteiger partial charge in [-0.05, 0) is 25.7 Å². The van der Waals surface area contributed by atoms with Crippen LogP contribution in [-0.2, 0) is 9.53 Å². The van der Waals surface area contributed by atoms with Crippen LogP contribution in [-0.4, -0.2) is 47.7 Å². The van der Waals surface area contributed by atoms with Gasteiger partial charge in [-0.2, -0.15) is 0 Å². The van der Waals surface area contributed by atoms with Crippen molar-refractivity contribution in [3.63, 3.8) is 0 Å². The zero-order valence-electron chi connectivity index (χ0n) is 12.7. The molecule has 7 heteroatoms. The minimum Gasteiger partial charge on any atom is -0.382 e. The van der Waals surface area contributed by atoms with Gasteiger partial charge in [0.25, 0.3) is 5.91 Å². The van der Waals surface area contributed by atoms with Crippen LogP contribution in [0.3, 0.4) is 0 Å². The van der Waals surface area contributed by atoms with Gasteiger partial charge in [0.1, 0.15) is 5.76 Å². The van der Waals surface area contributed by atoms with Crippen LogP contribution >= 0.6 is 0 Å². The lowest BCUT2D eigenvalue weighted by Gasteiger charge is -2.36. The molecule has 22 heavy (non-hydrogen) atoms. The molecule has 1 saturated carbocycles. The lowest BCUT2D eigenvalue weighted by molar-refractivity contribution is -0.121. The van der Waals surface area contributed by atoms with E-state index in [9.17, 15) is 9.59 Å². The molecule has 1 aliphatic heterocycles. The van der Waals surface area contributed by atoms with Gasteiger partial charge in [-0.3, -0.25) is 9.59 Å². The zero-order chi connectivity index (χ0) is 15.7. The van der Waals surface area contributed by atoms with E-state index in [1.54, 1.807) is 18.1 Å². The summed E-state index contributed by atoms with van der Waals surface area (Å²) in [5.41, 5.74) is 5.00. The van der Waals surface area contributed by atoms with E-state index < -0.39 is 11.4 Å². The Balaban J connectivity index is 1.82. The third-order valence-corrected chi connectivity index (χ3v) is 4.49. The highest BCUT2D eigenvalue weighted by Gasteiger charge is 2.46. The van der Waals surface area contributed by atoms with Crippen LogP contribution < -0.4 is 5.73 Å². The van der Waals surface area contributed by atoms with Gasteiger partial charge in [-0.25, -0.2) is 0 Å². The Kier molecular flexibility index (Phi) is 3.90. The zero-order valence-corrected chi connectivity index (χ0v) is 12.7. The summed E-state index contributed by atoms with van der Waals surface area (Å²) < 4.78 is 10.5. The van der Waals surface area contributed by atoms with Crippen molar-refractivity contribution in [2.75, 3.05) is 20.3 Å². The Bertz CT molecular complexity index is 581. The third-order valence-electron chi connectivity index (χ3n) is 4.49. The summed E-state index contributed by atoms with van der Waals surface area (Å²) >= 11 is 0. The minimum atomic E-state index is -0.670. The van der Waals surface area contributed by atoms with Crippen molar-refractivity contribution in [1.29, 1.82) is 0 Å². The maximum Gasteiger partial charge on any atom is 0.276 e. The van der Waals surface area contributed by atoms with Crippen LogP contribution in [0.2, 0.25) is 0 Å². The molecule has 7 nitrogen and oxygen atoms in total. The van der Waals surface area contributed by atoms with Crippen LogP contribution in [0.4, 0.5) is 0 Å². The monoisotopic (exact) mass is 307 g/mol. The maximum absolute atomic E-state index is 12.8. The highest BCUT2D eigenvalue weighted by atomic mass is 16.5. The molecule has 0 unspecified atom stereocenters. The molecule has 1 aromatic rings. The molecule has 0 radical (unpaired) electrons. The van der Waals surface area contributed by atoms with Crippen LogP contribution in [0.25, 0.3) is 0 Å². The van der Waals surface area contributed by atoms with E-state index in [2.05, 4.69) is 5.16 Å². The third kappa shape index (κ3) is 2.72. The van der Waals surface area contributed by atoms with Gasteiger partial charge in [0.15, 0.2) is 5.69 Å². The minimum absolute atomic E-state index is 0.0971. The number of carbonyl (C=O) groups excluding carboxylic acids is 2. The number of nitrogens with two attached hydrogens (primary N) is 1. The highest BCUT2D eigenvalue weighted by Crippen LogP contribution is 2.40. The van der Waals surface area contributed by atoms with E-state index in [0.717, 1.165) is 25.0 Å². The number of rotatable bonds is 6. The second-order valence-electron chi connectivity index (χ2n) is 6.25. The Hall–Kier alpha value is -1.89. The predicted octanol–water partition coefficient (Wildman–Crippen LogP) is 1.05. The van der Waals surface area contributed by atoms with Crippen molar-refractivity contribution in [2.45, 2.75) is 43.6 Å². The number of primary amides is 1. The SMILES string of the molecule is COC[C@]1(CC(N)=O)CCCN1C(=O)c1cc(C2CC2)on1. The number of hydrogen-bond acceptors (Lipinski definition) is 5. The standard InChI is InChI=1S/C15H21N3O4/c1-21-9-15(8-13(16)19)5-2-6-18(15)14(20)11-7-12(22-17-11)10-3-4-10/h7,10H,2-6,8-9H2,1H3,(H2,16,19)/t15-/m1/s1. The smallest absolute Gasteiger partial charge is 0.276 e. The molecule has 1 atom stereocenters. The summed E-state index contributed by atoms with van der Waals surface area (Å²) in [6.07, 6.45) is 3.78. The number of carbonyl (C=O) groups is 2. The summed E-state index contributed by atoms with van der Waals surface area (Å²) in [6.45, 7) is 0.857.